The Morgan fingerprint density at radius 2 is 1.87 bits per heavy atom. The molecule has 164 valence electrons. The van der Waals surface area contributed by atoms with Crippen LogP contribution in [0.15, 0.2) is 24.3 Å². The Hall–Kier alpha value is -2.33. The first-order valence-electron chi connectivity index (χ1n) is 10.6. The first-order valence-corrected chi connectivity index (χ1v) is 11.5. The summed E-state index contributed by atoms with van der Waals surface area (Å²) in [5.41, 5.74) is 2.79. The number of para-hydroxylation sites is 1. The minimum absolute atomic E-state index is 0.165. The Kier molecular flexibility index (Phi) is 5.29. The van der Waals surface area contributed by atoms with Crippen molar-refractivity contribution in [1.82, 2.24) is 15.0 Å². The Labute approximate surface area is 184 Å². The molecule has 2 aliphatic carbocycles. The van der Waals surface area contributed by atoms with Crippen LogP contribution in [0.1, 0.15) is 30.9 Å². The van der Waals surface area contributed by atoms with Crippen LogP contribution in [0.5, 0.6) is 0 Å². The molecule has 5 rings (SSSR count). The van der Waals surface area contributed by atoms with Gasteiger partial charge in [0.15, 0.2) is 0 Å². The maximum absolute atomic E-state index is 10.6. The van der Waals surface area contributed by atoms with Crippen molar-refractivity contribution in [3.05, 3.63) is 30.0 Å². The van der Waals surface area contributed by atoms with Gasteiger partial charge in [-0.15, -0.1) is 11.3 Å². The van der Waals surface area contributed by atoms with Crippen molar-refractivity contribution >= 4 is 33.3 Å². The minimum atomic E-state index is -0.984. The van der Waals surface area contributed by atoms with Crippen LogP contribution in [-0.2, 0) is 0 Å². The van der Waals surface area contributed by atoms with Crippen LogP contribution in [0.3, 0.4) is 0 Å². The number of aromatic nitrogens is 3. The fourth-order valence-electron chi connectivity index (χ4n) is 4.24. The third kappa shape index (κ3) is 3.76. The summed E-state index contributed by atoms with van der Waals surface area (Å²) in [6, 6.07) is 7.61. The summed E-state index contributed by atoms with van der Waals surface area (Å²) in [5, 5.41) is 34.6. The molecule has 9 heteroatoms. The predicted octanol–water partition coefficient (Wildman–Crippen LogP) is 2.21. The number of aliphatic hydroxyl groups excluding tert-OH is 3. The molecule has 2 heterocycles. The highest BCUT2D eigenvalue weighted by molar-refractivity contribution is 7.21. The zero-order valence-electron chi connectivity index (χ0n) is 17.6. The monoisotopic (exact) mass is 441 g/mol. The van der Waals surface area contributed by atoms with Crippen molar-refractivity contribution in [2.24, 2.45) is 5.92 Å². The molecule has 0 radical (unpaired) electrons. The van der Waals surface area contributed by atoms with Gasteiger partial charge in [0.1, 0.15) is 16.9 Å². The second-order valence-corrected chi connectivity index (χ2v) is 9.73. The Morgan fingerprint density at radius 3 is 2.52 bits per heavy atom. The van der Waals surface area contributed by atoms with Crippen LogP contribution in [0.2, 0.25) is 0 Å². The summed E-state index contributed by atoms with van der Waals surface area (Å²) in [7, 11) is 3.81. The van der Waals surface area contributed by atoms with Gasteiger partial charge in [0.2, 0.25) is 5.95 Å². The molecule has 4 atom stereocenters. The molecule has 2 saturated carbocycles. The zero-order chi connectivity index (χ0) is 21.7. The van der Waals surface area contributed by atoms with E-state index in [2.05, 4.69) is 11.4 Å². The molecule has 31 heavy (non-hydrogen) atoms. The van der Waals surface area contributed by atoms with E-state index < -0.39 is 18.2 Å². The number of hydrogen-bond acceptors (Lipinski definition) is 9. The first kappa shape index (κ1) is 20.6. The molecule has 3 aromatic rings. The molecule has 0 spiro atoms. The molecule has 1 aromatic carbocycles. The predicted molar refractivity (Wildman–Crippen MR) is 122 cm³/mol. The maximum atomic E-state index is 10.6. The van der Waals surface area contributed by atoms with Gasteiger partial charge in [-0.3, -0.25) is 0 Å². The standard InChI is InChI=1S/C22H27N5O3S/c1-27(2)22-25-17(11-7-8-11)16(21-24-13-5-3-4-6-15(13)31-21)20(26-22)23-14-9-12(10-28)18(29)19(14)30/h3-6,11-12,14,18-19,28-30H,7-10H2,1-2H3,(H,23,25,26). The highest BCUT2D eigenvalue weighted by Crippen LogP contribution is 2.47. The number of nitrogens with one attached hydrogen (secondary N) is 1. The van der Waals surface area contributed by atoms with E-state index in [1.807, 2.05) is 37.2 Å². The van der Waals surface area contributed by atoms with E-state index in [0.29, 0.717) is 24.1 Å². The first-order chi connectivity index (χ1) is 15.0. The number of benzene rings is 1. The lowest BCUT2D eigenvalue weighted by Gasteiger charge is -2.23. The molecule has 0 bridgehead atoms. The third-order valence-electron chi connectivity index (χ3n) is 6.16. The van der Waals surface area contributed by atoms with Gasteiger partial charge >= 0.3 is 0 Å². The van der Waals surface area contributed by atoms with Gasteiger partial charge in [-0.2, -0.15) is 4.98 Å². The van der Waals surface area contributed by atoms with Crippen LogP contribution in [-0.4, -0.2) is 69.2 Å². The van der Waals surface area contributed by atoms with E-state index in [-0.39, 0.29) is 12.5 Å². The Balaban J connectivity index is 1.63. The van der Waals surface area contributed by atoms with Gasteiger partial charge < -0.3 is 25.5 Å². The third-order valence-corrected chi connectivity index (χ3v) is 7.21. The molecule has 0 aliphatic heterocycles. The maximum Gasteiger partial charge on any atom is 0.227 e. The smallest absolute Gasteiger partial charge is 0.227 e. The van der Waals surface area contributed by atoms with Crippen molar-refractivity contribution in [3.63, 3.8) is 0 Å². The van der Waals surface area contributed by atoms with Crippen molar-refractivity contribution in [2.75, 3.05) is 30.9 Å². The van der Waals surface area contributed by atoms with E-state index in [1.165, 1.54) is 0 Å². The van der Waals surface area contributed by atoms with Gasteiger partial charge in [0, 0.05) is 32.5 Å². The lowest BCUT2D eigenvalue weighted by Crippen LogP contribution is -2.36. The van der Waals surface area contributed by atoms with Gasteiger partial charge in [-0.05, 0) is 31.4 Å². The molecule has 8 nitrogen and oxygen atoms in total. The lowest BCUT2D eigenvalue weighted by molar-refractivity contribution is 0.00446. The molecule has 4 N–H and O–H groups in total. The van der Waals surface area contributed by atoms with Gasteiger partial charge in [0.05, 0.1) is 33.6 Å². The summed E-state index contributed by atoms with van der Waals surface area (Å²) in [6.45, 7) is -0.165. The van der Waals surface area contributed by atoms with Crippen molar-refractivity contribution in [1.29, 1.82) is 0 Å². The number of aliphatic hydroxyl groups is 3. The van der Waals surface area contributed by atoms with Crippen LogP contribution in [0.4, 0.5) is 11.8 Å². The summed E-state index contributed by atoms with van der Waals surface area (Å²) < 4.78 is 1.10. The van der Waals surface area contributed by atoms with Crippen molar-refractivity contribution < 1.29 is 15.3 Å². The summed E-state index contributed by atoms with van der Waals surface area (Å²) in [4.78, 5) is 16.4. The number of nitrogens with zero attached hydrogens (tertiary/aromatic N) is 4. The normalized spacial score (nSPS) is 25.8. The molecule has 2 aliphatic rings. The zero-order valence-corrected chi connectivity index (χ0v) is 18.4. The van der Waals surface area contributed by atoms with Crippen LogP contribution < -0.4 is 10.2 Å². The van der Waals surface area contributed by atoms with E-state index in [1.54, 1.807) is 11.3 Å². The highest BCUT2D eigenvalue weighted by atomic mass is 32.1. The van der Waals surface area contributed by atoms with Crippen molar-refractivity contribution in [3.8, 4) is 10.6 Å². The number of rotatable bonds is 6. The van der Waals surface area contributed by atoms with Gasteiger partial charge in [-0.1, -0.05) is 12.1 Å². The fourth-order valence-corrected chi connectivity index (χ4v) is 5.26. The second kappa shape index (κ2) is 7.98. The van der Waals surface area contributed by atoms with Gasteiger partial charge in [0.25, 0.3) is 0 Å². The number of hydrogen-bond donors (Lipinski definition) is 4. The summed E-state index contributed by atoms with van der Waals surface area (Å²) in [5.74, 6) is 1.22. The van der Waals surface area contributed by atoms with Crippen LogP contribution in [0, 0.1) is 5.92 Å². The van der Waals surface area contributed by atoms with Gasteiger partial charge in [-0.25, -0.2) is 9.97 Å². The van der Waals surface area contributed by atoms with Crippen molar-refractivity contribution in [2.45, 2.75) is 43.4 Å². The molecule has 2 fully saturated rings. The SMILES string of the molecule is CN(C)c1nc(NC2CC(CO)C(O)C2O)c(-c2nc3ccccc3s2)c(C2CC2)n1. The fraction of sp³-hybridized carbons (Fsp3) is 0.500. The molecule has 0 saturated heterocycles. The summed E-state index contributed by atoms with van der Waals surface area (Å²) >= 11 is 1.61. The minimum Gasteiger partial charge on any atom is -0.396 e. The lowest BCUT2D eigenvalue weighted by atomic mass is 10.1. The second-order valence-electron chi connectivity index (χ2n) is 8.70. The number of anilines is 2. The largest absolute Gasteiger partial charge is 0.396 e. The topological polar surface area (TPSA) is 115 Å². The molecule has 4 unspecified atom stereocenters. The Bertz CT molecular complexity index is 1070. The molecular formula is C22H27N5O3S. The van der Waals surface area contributed by atoms with E-state index in [9.17, 15) is 15.3 Å². The number of fused-ring (bicyclic) bond motifs is 1. The number of thiazole rings is 1. The Morgan fingerprint density at radius 1 is 1.10 bits per heavy atom. The van der Waals surface area contributed by atoms with E-state index in [0.717, 1.165) is 39.3 Å². The molecule has 0 amide bonds. The van der Waals surface area contributed by atoms with E-state index in [4.69, 9.17) is 15.0 Å². The molecular weight excluding hydrogens is 414 g/mol. The highest BCUT2D eigenvalue weighted by Gasteiger charge is 2.42. The summed E-state index contributed by atoms with van der Waals surface area (Å²) in [6.07, 6.45) is 0.670. The van der Waals surface area contributed by atoms with Crippen LogP contribution in [0.25, 0.3) is 20.8 Å². The van der Waals surface area contributed by atoms with E-state index >= 15 is 0 Å². The molecule has 2 aromatic heterocycles. The quantitative estimate of drug-likeness (QED) is 0.460. The van der Waals surface area contributed by atoms with Crippen LogP contribution >= 0.6 is 11.3 Å². The average Bonchev–Trinajstić information content (AvgIpc) is 3.47. The average molecular weight is 442 g/mol.